The molecule has 0 saturated heterocycles. The predicted octanol–water partition coefficient (Wildman–Crippen LogP) is 5.69. The van der Waals surface area contributed by atoms with Crippen molar-refractivity contribution in [2.75, 3.05) is 11.9 Å². The molecule has 160 valence electrons. The molecule has 2 aromatic carbocycles. The summed E-state index contributed by atoms with van der Waals surface area (Å²) in [6, 6.07) is 15.7. The topological polar surface area (TPSA) is 50.3 Å². The van der Waals surface area contributed by atoms with E-state index in [9.17, 15) is 14.0 Å². The van der Waals surface area contributed by atoms with E-state index in [0.29, 0.717) is 36.0 Å². The van der Waals surface area contributed by atoms with Crippen LogP contribution in [0, 0.1) is 19.7 Å². The summed E-state index contributed by atoms with van der Waals surface area (Å²) in [6.45, 7) is 5.68. The maximum Gasteiger partial charge on any atom is 0.226 e. The molecule has 0 N–H and O–H groups in total. The molecular formula is C26H27FN2O2. The number of Topliss-reactive ketones (excluding diaryl/α,β-unsaturated/α-hetero) is 1. The Balaban J connectivity index is 1.72. The third kappa shape index (κ3) is 5.23. The van der Waals surface area contributed by atoms with Crippen LogP contribution < -0.4 is 4.90 Å². The van der Waals surface area contributed by atoms with Gasteiger partial charge in [-0.2, -0.15) is 0 Å². The average Bonchev–Trinajstić information content (AvgIpc) is 2.77. The molecule has 0 aliphatic rings. The summed E-state index contributed by atoms with van der Waals surface area (Å²) in [6.07, 6.45) is 1.30. The monoisotopic (exact) mass is 418 g/mol. The van der Waals surface area contributed by atoms with Gasteiger partial charge in [0.25, 0.3) is 0 Å². The number of pyridine rings is 1. The SMILES string of the molecule is CCC(=O)N(C)c1ccc(-c2ccc(C(=O)CCc3ccc(C)nc3C)cc2F)cc1. The van der Waals surface area contributed by atoms with Crippen molar-refractivity contribution in [3.63, 3.8) is 0 Å². The van der Waals surface area contributed by atoms with E-state index in [1.807, 2.05) is 32.9 Å². The van der Waals surface area contributed by atoms with E-state index in [2.05, 4.69) is 4.98 Å². The molecule has 0 radical (unpaired) electrons. The second-order valence-corrected chi connectivity index (χ2v) is 7.67. The first-order valence-corrected chi connectivity index (χ1v) is 10.4. The highest BCUT2D eigenvalue weighted by Crippen LogP contribution is 2.27. The number of carbonyl (C=O) groups is 2. The third-order valence-electron chi connectivity index (χ3n) is 5.49. The van der Waals surface area contributed by atoms with E-state index in [4.69, 9.17) is 0 Å². The minimum Gasteiger partial charge on any atom is -0.316 e. The molecule has 1 amide bonds. The molecule has 3 aromatic rings. The number of rotatable bonds is 7. The smallest absolute Gasteiger partial charge is 0.226 e. The first-order valence-electron chi connectivity index (χ1n) is 10.4. The number of aryl methyl sites for hydroxylation is 3. The highest BCUT2D eigenvalue weighted by Gasteiger charge is 2.13. The lowest BCUT2D eigenvalue weighted by Crippen LogP contribution is -2.24. The van der Waals surface area contributed by atoms with Gasteiger partial charge in [-0.1, -0.05) is 37.3 Å². The fourth-order valence-electron chi connectivity index (χ4n) is 3.54. The minimum absolute atomic E-state index is 0.0124. The van der Waals surface area contributed by atoms with Crippen molar-refractivity contribution in [1.29, 1.82) is 0 Å². The van der Waals surface area contributed by atoms with E-state index in [1.54, 1.807) is 48.3 Å². The van der Waals surface area contributed by atoms with Crippen molar-refractivity contribution < 1.29 is 14.0 Å². The number of hydrogen-bond donors (Lipinski definition) is 0. The number of nitrogens with zero attached hydrogens (tertiary/aromatic N) is 2. The third-order valence-corrected chi connectivity index (χ3v) is 5.49. The molecule has 4 nitrogen and oxygen atoms in total. The van der Waals surface area contributed by atoms with Gasteiger partial charge in [-0.05, 0) is 55.7 Å². The number of carbonyl (C=O) groups excluding carboxylic acids is 2. The summed E-state index contributed by atoms with van der Waals surface area (Å²) in [4.78, 5) is 30.4. The lowest BCUT2D eigenvalue weighted by atomic mass is 9.98. The average molecular weight is 419 g/mol. The Morgan fingerprint density at radius 1 is 1.00 bits per heavy atom. The standard InChI is InChI=1S/C26H27FN2O2/c1-5-26(31)29(4)22-12-8-20(9-13-22)23-14-10-21(16-24(23)27)25(30)15-11-19-7-6-17(2)28-18(19)3/h6-10,12-14,16H,5,11,15H2,1-4H3. The minimum atomic E-state index is -0.440. The molecule has 1 aromatic heterocycles. The van der Waals surface area contributed by atoms with Gasteiger partial charge in [-0.25, -0.2) is 4.39 Å². The summed E-state index contributed by atoms with van der Waals surface area (Å²) in [5.41, 5.74) is 5.13. The summed E-state index contributed by atoms with van der Waals surface area (Å²) in [5, 5.41) is 0. The van der Waals surface area contributed by atoms with Crippen molar-refractivity contribution in [1.82, 2.24) is 4.98 Å². The highest BCUT2D eigenvalue weighted by molar-refractivity contribution is 5.97. The van der Waals surface area contributed by atoms with Gasteiger partial charge in [0.15, 0.2) is 5.78 Å². The lowest BCUT2D eigenvalue weighted by Gasteiger charge is -2.17. The molecule has 5 heteroatoms. The van der Waals surface area contributed by atoms with Gasteiger partial charge in [0.1, 0.15) is 5.82 Å². The van der Waals surface area contributed by atoms with Gasteiger partial charge in [-0.3, -0.25) is 14.6 Å². The quantitative estimate of drug-likeness (QED) is 0.463. The molecule has 0 aliphatic heterocycles. The first-order chi connectivity index (χ1) is 14.8. The zero-order valence-corrected chi connectivity index (χ0v) is 18.4. The highest BCUT2D eigenvalue weighted by atomic mass is 19.1. The molecule has 3 rings (SSSR count). The van der Waals surface area contributed by atoms with Crippen LogP contribution in [-0.2, 0) is 11.2 Å². The van der Waals surface area contributed by atoms with Crippen LogP contribution in [0.25, 0.3) is 11.1 Å². The van der Waals surface area contributed by atoms with Crippen LogP contribution in [0.2, 0.25) is 0 Å². The largest absolute Gasteiger partial charge is 0.316 e. The Kier molecular flexibility index (Phi) is 6.95. The van der Waals surface area contributed by atoms with Crippen molar-refractivity contribution in [2.45, 2.75) is 40.0 Å². The Labute approximate surface area is 182 Å². The van der Waals surface area contributed by atoms with Crippen LogP contribution in [0.4, 0.5) is 10.1 Å². The van der Waals surface area contributed by atoms with Gasteiger partial charge < -0.3 is 4.90 Å². The molecule has 0 saturated carbocycles. The molecule has 0 spiro atoms. The van der Waals surface area contributed by atoms with Crippen LogP contribution in [0.15, 0.2) is 54.6 Å². The molecule has 0 fully saturated rings. The Morgan fingerprint density at radius 3 is 2.32 bits per heavy atom. The van der Waals surface area contributed by atoms with E-state index < -0.39 is 5.82 Å². The van der Waals surface area contributed by atoms with E-state index in [-0.39, 0.29) is 11.7 Å². The fraction of sp³-hybridized carbons (Fsp3) is 0.269. The fourth-order valence-corrected chi connectivity index (χ4v) is 3.54. The van der Waals surface area contributed by atoms with E-state index in [1.165, 1.54) is 6.07 Å². The molecule has 0 bridgehead atoms. The maximum absolute atomic E-state index is 14.8. The van der Waals surface area contributed by atoms with Gasteiger partial charge >= 0.3 is 0 Å². The van der Waals surface area contributed by atoms with Crippen molar-refractivity contribution in [2.24, 2.45) is 0 Å². The number of benzene rings is 2. The summed E-state index contributed by atoms with van der Waals surface area (Å²) in [7, 11) is 1.72. The number of aromatic nitrogens is 1. The van der Waals surface area contributed by atoms with Gasteiger partial charge in [0.2, 0.25) is 5.91 Å². The van der Waals surface area contributed by atoms with Crippen LogP contribution in [0.3, 0.4) is 0 Å². The van der Waals surface area contributed by atoms with Crippen LogP contribution in [0.5, 0.6) is 0 Å². The number of hydrogen-bond acceptors (Lipinski definition) is 3. The summed E-state index contributed by atoms with van der Waals surface area (Å²) >= 11 is 0. The molecule has 0 atom stereocenters. The van der Waals surface area contributed by atoms with E-state index >= 15 is 0 Å². The predicted molar refractivity (Wildman–Crippen MR) is 122 cm³/mol. The summed E-state index contributed by atoms with van der Waals surface area (Å²) in [5.74, 6) is -0.524. The van der Waals surface area contributed by atoms with Crippen molar-refractivity contribution in [3.05, 3.63) is 82.9 Å². The first kappa shape index (κ1) is 22.3. The molecule has 1 heterocycles. The molecule has 0 unspecified atom stereocenters. The summed E-state index contributed by atoms with van der Waals surface area (Å²) < 4.78 is 14.8. The molecule has 0 aliphatic carbocycles. The van der Waals surface area contributed by atoms with Crippen LogP contribution in [-0.4, -0.2) is 23.7 Å². The zero-order chi connectivity index (χ0) is 22.5. The Bertz CT molecular complexity index is 1110. The number of ketones is 1. The second kappa shape index (κ2) is 9.65. The Morgan fingerprint density at radius 2 is 1.71 bits per heavy atom. The number of anilines is 1. The van der Waals surface area contributed by atoms with Crippen LogP contribution in [0.1, 0.15) is 47.1 Å². The van der Waals surface area contributed by atoms with Gasteiger partial charge in [0, 0.05) is 48.1 Å². The molecular weight excluding hydrogens is 391 g/mol. The Hall–Kier alpha value is -3.34. The van der Waals surface area contributed by atoms with Crippen LogP contribution >= 0.6 is 0 Å². The zero-order valence-electron chi connectivity index (χ0n) is 18.4. The molecule has 31 heavy (non-hydrogen) atoms. The maximum atomic E-state index is 14.8. The van der Waals surface area contributed by atoms with Gasteiger partial charge in [0.05, 0.1) is 0 Å². The van der Waals surface area contributed by atoms with E-state index in [0.717, 1.165) is 22.6 Å². The van der Waals surface area contributed by atoms with Gasteiger partial charge in [-0.15, -0.1) is 0 Å². The normalized spacial score (nSPS) is 10.7. The second-order valence-electron chi connectivity index (χ2n) is 7.67. The number of amides is 1. The lowest BCUT2D eigenvalue weighted by molar-refractivity contribution is -0.118. The van der Waals surface area contributed by atoms with Crippen molar-refractivity contribution >= 4 is 17.4 Å². The van der Waals surface area contributed by atoms with Crippen molar-refractivity contribution in [3.8, 4) is 11.1 Å². The number of halogens is 1.